The Hall–Kier alpha value is -2.86. The van der Waals surface area contributed by atoms with Crippen molar-refractivity contribution < 1.29 is 14.3 Å². The molecule has 0 atom stereocenters. The van der Waals surface area contributed by atoms with Crippen LogP contribution in [-0.2, 0) is 17.9 Å². The van der Waals surface area contributed by atoms with Gasteiger partial charge in [-0.2, -0.15) is 0 Å². The highest BCUT2D eigenvalue weighted by atomic mass is 32.1. The first-order valence-electron chi connectivity index (χ1n) is 9.81. The Labute approximate surface area is 175 Å². The third-order valence-electron chi connectivity index (χ3n) is 4.37. The molecule has 6 heteroatoms. The van der Waals surface area contributed by atoms with E-state index in [0.717, 1.165) is 35.7 Å². The Morgan fingerprint density at radius 1 is 1.07 bits per heavy atom. The first-order chi connectivity index (χ1) is 14.1. The lowest BCUT2D eigenvalue weighted by Crippen LogP contribution is -2.15. The second-order valence-corrected chi connectivity index (χ2v) is 7.57. The third-order valence-corrected chi connectivity index (χ3v) is 5.51. The lowest BCUT2D eigenvalue weighted by atomic mass is 10.2. The van der Waals surface area contributed by atoms with Crippen LogP contribution in [0.3, 0.4) is 0 Å². The van der Waals surface area contributed by atoms with Gasteiger partial charge in [-0.05, 0) is 61.6 Å². The van der Waals surface area contributed by atoms with Crippen LogP contribution in [0, 0.1) is 6.92 Å². The maximum Gasteiger partial charge on any atom is 0.343 e. The molecule has 0 radical (unpaired) electrons. The highest BCUT2D eigenvalue weighted by molar-refractivity contribution is 7.04. The van der Waals surface area contributed by atoms with Crippen molar-refractivity contribution in [2.45, 2.75) is 40.3 Å². The van der Waals surface area contributed by atoms with Gasteiger partial charge in [0.25, 0.3) is 0 Å². The third kappa shape index (κ3) is 5.35. The summed E-state index contributed by atoms with van der Waals surface area (Å²) >= 11 is 1.49. The first-order valence-corrected chi connectivity index (χ1v) is 10.6. The number of benzene rings is 2. The minimum Gasteiger partial charge on any atom is -0.494 e. The molecule has 0 N–H and O–H groups in total. The Bertz CT molecular complexity index is 1000. The molecule has 1 aromatic heterocycles. The van der Waals surface area contributed by atoms with E-state index in [1.54, 1.807) is 0 Å². The summed E-state index contributed by atoms with van der Waals surface area (Å²) in [5.74, 6) is 0.458. The number of carbonyl (C=O) groups excluding carboxylic acids is 1. The lowest BCUT2D eigenvalue weighted by molar-refractivity contribution is 0.0470. The molecule has 3 aromatic rings. The number of hydrogen-bond donors (Lipinski definition) is 0. The van der Waals surface area contributed by atoms with Crippen molar-refractivity contribution in [1.82, 2.24) is 3.96 Å². The number of hydrogen-bond acceptors (Lipinski definition) is 5. The molecule has 29 heavy (non-hydrogen) atoms. The van der Waals surface area contributed by atoms with Crippen molar-refractivity contribution in [2.75, 3.05) is 6.61 Å². The number of ether oxygens (including phenoxy) is 2. The Morgan fingerprint density at radius 3 is 2.45 bits per heavy atom. The van der Waals surface area contributed by atoms with Crippen LogP contribution in [0.1, 0.15) is 41.9 Å². The van der Waals surface area contributed by atoms with Gasteiger partial charge in [0.2, 0.25) is 0 Å². The number of carbonyl (C=O) groups is 1. The number of nitrogens with zero attached hydrogens (tertiary/aromatic N) is 2. The van der Waals surface area contributed by atoms with E-state index in [-0.39, 0.29) is 12.6 Å². The standard InChI is InChI=1S/C23H26N2O3S/c1-4-15-25-17(3)21(23(26)28-16-18-9-7-6-8-10-18)22(29-25)24-19-11-13-20(14-12-19)27-5-2/h6-14H,4-5,15-16H2,1-3H3. The smallest absolute Gasteiger partial charge is 0.343 e. The molecule has 0 fully saturated rings. The number of esters is 1. The van der Waals surface area contributed by atoms with Crippen molar-refractivity contribution in [3.05, 3.63) is 76.1 Å². The van der Waals surface area contributed by atoms with E-state index in [4.69, 9.17) is 14.5 Å². The molecule has 0 saturated carbocycles. The SMILES string of the molecule is CCCn1sc(=Nc2ccc(OCC)cc2)c(C(=O)OCc2ccccc2)c1C. The maximum atomic E-state index is 12.9. The van der Waals surface area contributed by atoms with Crippen LogP contribution in [0.25, 0.3) is 0 Å². The fraction of sp³-hybridized carbons (Fsp3) is 0.304. The highest BCUT2D eigenvalue weighted by Gasteiger charge is 2.19. The quantitative estimate of drug-likeness (QED) is 0.476. The lowest BCUT2D eigenvalue weighted by Gasteiger charge is -2.06. The summed E-state index contributed by atoms with van der Waals surface area (Å²) < 4.78 is 13.8. The number of aryl methyl sites for hydroxylation is 1. The maximum absolute atomic E-state index is 12.9. The van der Waals surface area contributed by atoms with Gasteiger partial charge in [0.15, 0.2) is 0 Å². The van der Waals surface area contributed by atoms with Crippen molar-refractivity contribution >= 4 is 23.2 Å². The Kier molecular flexibility index (Phi) is 7.25. The van der Waals surface area contributed by atoms with E-state index in [1.807, 2.05) is 68.4 Å². The van der Waals surface area contributed by atoms with Gasteiger partial charge in [-0.15, -0.1) is 0 Å². The average molecular weight is 411 g/mol. The molecule has 0 aliphatic carbocycles. The normalized spacial score (nSPS) is 11.5. The van der Waals surface area contributed by atoms with Crippen LogP contribution in [0.15, 0.2) is 59.6 Å². The van der Waals surface area contributed by atoms with Gasteiger partial charge < -0.3 is 9.47 Å². The molecule has 152 valence electrons. The zero-order chi connectivity index (χ0) is 20.6. The van der Waals surface area contributed by atoms with E-state index >= 15 is 0 Å². The molecule has 3 rings (SSSR count). The van der Waals surface area contributed by atoms with Gasteiger partial charge >= 0.3 is 5.97 Å². The fourth-order valence-electron chi connectivity index (χ4n) is 2.92. The van der Waals surface area contributed by atoms with Crippen molar-refractivity contribution in [3.8, 4) is 5.75 Å². The van der Waals surface area contributed by atoms with E-state index in [1.165, 1.54) is 11.5 Å². The van der Waals surface area contributed by atoms with Crippen molar-refractivity contribution in [2.24, 2.45) is 4.99 Å². The van der Waals surface area contributed by atoms with Crippen molar-refractivity contribution in [1.29, 1.82) is 0 Å². The molecule has 0 bridgehead atoms. The van der Waals surface area contributed by atoms with Crippen LogP contribution < -0.4 is 9.41 Å². The predicted octanol–water partition coefficient (Wildman–Crippen LogP) is 5.26. The largest absolute Gasteiger partial charge is 0.494 e. The molecule has 1 heterocycles. The minimum absolute atomic E-state index is 0.241. The fourth-order valence-corrected chi connectivity index (χ4v) is 4.10. The first kappa shape index (κ1) is 20.9. The molecule has 0 unspecified atom stereocenters. The Morgan fingerprint density at radius 2 is 1.79 bits per heavy atom. The van der Waals surface area contributed by atoms with Crippen LogP contribution in [0.4, 0.5) is 5.69 Å². The van der Waals surface area contributed by atoms with Crippen LogP contribution in [0.5, 0.6) is 5.75 Å². The van der Waals surface area contributed by atoms with Gasteiger partial charge in [0.1, 0.15) is 22.6 Å². The zero-order valence-corrected chi connectivity index (χ0v) is 17.9. The molecule has 0 amide bonds. The molecule has 0 spiro atoms. The van der Waals surface area contributed by atoms with Gasteiger partial charge in [0, 0.05) is 12.2 Å². The Balaban J connectivity index is 1.91. The molecular formula is C23H26N2O3S. The molecular weight excluding hydrogens is 384 g/mol. The topological polar surface area (TPSA) is 52.8 Å². The minimum atomic E-state index is -0.345. The number of aromatic nitrogens is 1. The van der Waals surface area contributed by atoms with E-state index in [0.29, 0.717) is 16.8 Å². The average Bonchev–Trinajstić information content (AvgIpc) is 3.04. The van der Waals surface area contributed by atoms with E-state index < -0.39 is 0 Å². The summed E-state index contributed by atoms with van der Waals surface area (Å²) in [6.45, 7) is 7.71. The van der Waals surface area contributed by atoms with Gasteiger partial charge in [-0.1, -0.05) is 37.3 Å². The monoisotopic (exact) mass is 410 g/mol. The highest BCUT2D eigenvalue weighted by Crippen LogP contribution is 2.19. The van der Waals surface area contributed by atoms with Crippen LogP contribution in [0.2, 0.25) is 0 Å². The summed E-state index contributed by atoms with van der Waals surface area (Å²) in [7, 11) is 0. The summed E-state index contributed by atoms with van der Waals surface area (Å²) in [5, 5.41) is 0. The predicted molar refractivity (Wildman–Crippen MR) is 116 cm³/mol. The second kappa shape index (κ2) is 10.1. The zero-order valence-electron chi connectivity index (χ0n) is 17.1. The van der Waals surface area contributed by atoms with Crippen LogP contribution >= 0.6 is 11.5 Å². The summed E-state index contributed by atoms with van der Waals surface area (Å²) in [5.41, 5.74) is 3.16. The molecule has 0 aliphatic heterocycles. The molecule has 2 aromatic carbocycles. The van der Waals surface area contributed by atoms with Gasteiger partial charge in [0.05, 0.1) is 12.3 Å². The molecule has 0 saturated heterocycles. The van der Waals surface area contributed by atoms with E-state index in [2.05, 4.69) is 10.9 Å². The van der Waals surface area contributed by atoms with Gasteiger partial charge in [-0.25, -0.2) is 9.79 Å². The van der Waals surface area contributed by atoms with E-state index in [9.17, 15) is 4.79 Å². The summed E-state index contributed by atoms with van der Waals surface area (Å²) in [6.07, 6.45) is 0.979. The second-order valence-electron chi connectivity index (χ2n) is 6.56. The van der Waals surface area contributed by atoms with Crippen LogP contribution in [-0.4, -0.2) is 16.5 Å². The summed E-state index contributed by atoms with van der Waals surface area (Å²) in [6, 6.07) is 17.2. The van der Waals surface area contributed by atoms with Crippen molar-refractivity contribution in [3.63, 3.8) is 0 Å². The molecule has 5 nitrogen and oxygen atoms in total. The van der Waals surface area contributed by atoms with Gasteiger partial charge in [-0.3, -0.25) is 3.96 Å². The molecule has 0 aliphatic rings. The summed E-state index contributed by atoms with van der Waals surface area (Å²) in [4.78, 5) is 17.6. The number of rotatable bonds is 8.